The van der Waals surface area contributed by atoms with Gasteiger partial charge in [0.2, 0.25) is 0 Å². The van der Waals surface area contributed by atoms with Crippen LogP contribution in [0.5, 0.6) is 0 Å². The number of ether oxygens (including phenoxy) is 1. The summed E-state index contributed by atoms with van der Waals surface area (Å²) in [6.07, 6.45) is -0.116. The highest BCUT2D eigenvalue weighted by Crippen LogP contribution is 2.29. The maximum atomic E-state index is 12.4. The monoisotopic (exact) mass is 318 g/mol. The van der Waals surface area contributed by atoms with Crippen LogP contribution in [0.3, 0.4) is 0 Å². The van der Waals surface area contributed by atoms with Gasteiger partial charge in [0.15, 0.2) is 0 Å². The molecule has 1 aromatic carbocycles. The van der Waals surface area contributed by atoms with Gasteiger partial charge in [-0.25, -0.2) is 0 Å². The lowest BCUT2D eigenvalue weighted by atomic mass is 9.86. The quantitative estimate of drug-likeness (QED) is 0.810. The Morgan fingerprint density at radius 2 is 1.70 bits per heavy atom. The van der Waals surface area contributed by atoms with Gasteiger partial charge in [-0.05, 0) is 30.9 Å². The van der Waals surface area contributed by atoms with Gasteiger partial charge >= 0.3 is 11.8 Å². The minimum absolute atomic E-state index is 0.0580. The normalized spacial score (nSPS) is 21.9. The fraction of sp³-hybridized carbons (Fsp3) is 0.556. The van der Waals surface area contributed by atoms with Gasteiger partial charge in [-0.2, -0.15) is 0 Å². The largest absolute Gasteiger partial charge is 0.372 e. The van der Waals surface area contributed by atoms with Gasteiger partial charge in [0.1, 0.15) is 0 Å². The van der Waals surface area contributed by atoms with Crippen LogP contribution in [0, 0.1) is 0 Å². The van der Waals surface area contributed by atoms with E-state index in [4.69, 9.17) is 4.74 Å². The third-order valence-electron chi connectivity index (χ3n) is 3.88. The first-order valence-electron chi connectivity index (χ1n) is 8.03. The number of hydrogen-bond acceptors (Lipinski definition) is 3. The number of nitrogens with zero attached hydrogens (tertiary/aromatic N) is 1. The third-order valence-corrected chi connectivity index (χ3v) is 3.88. The van der Waals surface area contributed by atoms with Gasteiger partial charge < -0.3 is 15.0 Å². The molecule has 2 rings (SSSR count). The lowest BCUT2D eigenvalue weighted by molar-refractivity contribution is -0.151. The Kier molecular flexibility index (Phi) is 5.09. The zero-order chi connectivity index (χ0) is 17.2. The van der Waals surface area contributed by atoms with Crippen LogP contribution in [0.1, 0.15) is 40.2 Å². The molecule has 1 heterocycles. The van der Waals surface area contributed by atoms with E-state index in [9.17, 15) is 9.59 Å². The minimum atomic E-state index is -0.594. The number of rotatable bonds is 1. The molecule has 2 unspecified atom stereocenters. The van der Waals surface area contributed by atoms with Gasteiger partial charge in [0.05, 0.1) is 12.2 Å². The molecule has 0 bridgehead atoms. The molecule has 1 aliphatic heterocycles. The summed E-state index contributed by atoms with van der Waals surface area (Å²) in [4.78, 5) is 26.3. The number of para-hydroxylation sites is 1. The van der Waals surface area contributed by atoms with Gasteiger partial charge in [0.25, 0.3) is 0 Å². The maximum Gasteiger partial charge on any atom is 0.313 e. The van der Waals surface area contributed by atoms with E-state index in [2.05, 4.69) is 26.1 Å². The number of benzene rings is 1. The summed E-state index contributed by atoms with van der Waals surface area (Å²) in [6.45, 7) is 10.9. The Morgan fingerprint density at radius 1 is 1.13 bits per heavy atom. The lowest BCUT2D eigenvalue weighted by Gasteiger charge is -2.34. The highest BCUT2D eigenvalue weighted by atomic mass is 16.5. The number of hydrogen-bond donors (Lipinski definition) is 1. The van der Waals surface area contributed by atoms with Crippen LogP contribution >= 0.6 is 0 Å². The van der Waals surface area contributed by atoms with Gasteiger partial charge in [-0.3, -0.25) is 9.59 Å². The van der Waals surface area contributed by atoms with Crippen LogP contribution < -0.4 is 5.32 Å². The smallest absolute Gasteiger partial charge is 0.313 e. The Bertz CT molecular complexity index is 582. The second kappa shape index (κ2) is 6.71. The van der Waals surface area contributed by atoms with Crippen LogP contribution in [-0.2, 0) is 19.7 Å². The lowest BCUT2D eigenvalue weighted by Crippen LogP contribution is -2.51. The van der Waals surface area contributed by atoms with Crippen molar-refractivity contribution in [1.82, 2.24) is 4.90 Å². The number of anilines is 1. The van der Waals surface area contributed by atoms with Crippen molar-refractivity contribution in [2.24, 2.45) is 0 Å². The zero-order valence-corrected chi connectivity index (χ0v) is 14.6. The van der Waals surface area contributed by atoms with E-state index in [1.807, 2.05) is 38.1 Å². The standard InChI is InChI=1S/C18H26N2O3/c1-12-10-20(11-13(2)23-12)17(22)16(21)19-15-9-7-6-8-14(15)18(3,4)5/h6-9,12-13H,10-11H2,1-5H3,(H,19,21). The molecule has 0 aromatic heterocycles. The van der Waals surface area contributed by atoms with Crippen LogP contribution in [0.25, 0.3) is 0 Å². The Hall–Kier alpha value is -1.88. The van der Waals surface area contributed by atoms with Crippen LogP contribution in [0.4, 0.5) is 5.69 Å². The first-order chi connectivity index (χ1) is 10.7. The molecule has 1 aromatic rings. The van der Waals surface area contributed by atoms with Gasteiger partial charge in [-0.1, -0.05) is 39.0 Å². The molecule has 0 aliphatic carbocycles. The van der Waals surface area contributed by atoms with Gasteiger partial charge in [-0.15, -0.1) is 0 Å². The molecule has 23 heavy (non-hydrogen) atoms. The SMILES string of the molecule is CC1CN(C(=O)C(=O)Nc2ccccc2C(C)(C)C)CC(C)O1. The molecular formula is C18H26N2O3. The van der Waals surface area contributed by atoms with Crippen molar-refractivity contribution < 1.29 is 14.3 Å². The second-order valence-corrected chi connectivity index (χ2v) is 7.22. The van der Waals surface area contributed by atoms with Crippen LogP contribution in [-0.4, -0.2) is 42.0 Å². The van der Waals surface area contributed by atoms with Crippen molar-refractivity contribution in [3.8, 4) is 0 Å². The second-order valence-electron chi connectivity index (χ2n) is 7.22. The minimum Gasteiger partial charge on any atom is -0.372 e. The van der Waals surface area contributed by atoms with E-state index >= 15 is 0 Å². The number of carbonyl (C=O) groups excluding carboxylic acids is 2. The van der Waals surface area contributed by atoms with Crippen molar-refractivity contribution in [3.63, 3.8) is 0 Å². The highest BCUT2D eigenvalue weighted by Gasteiger charge is 2.30. The molecule has 1 N–H and O–H groups in total. The Balaban J connectivity index is 2.12. The number of morpholine rings is 1. The molecule has 126 valence electrons. The summed E-state index contributed by atoms with van der Waals surface area (Å²) in [6, 6.07) is 7.59. The van der Waals surface area contributed by atoms with E-state index in [1.54, 1.807) is 4.90 Å². The first-order valence-corrected chi connectivity index (χ1v) is 8.03. The fourth-order valence-corrected chi connectivity index (χ4v) is 2.91. The summed E-state index contributed by atoms with van der Waals surface area (Å²) in [5.74, 6) is -1.10. The molecule has 2 amide bonds. The summed E-state index contributed by atoms with van der Waals surface area (Å²) < 4.78 is 5.60. The maximum absolute atomic E-state index is 12.4. The Labute approximate surface area is 138 Å². The van der Waals surface area contributed by atoms with Gasteiger partial charge in [0, 0.05) is 18.8 Å². The summed E-state index contributed by atoms with van der Waals surface area (Å²) in [5, 5.41) is 2.77. The fourth-order valence-electron chi connectivity index (χ4n) is 2.91. The van der Waals surface area contributed by atoms with E-state index in [0.717, 1.165) is 5.56 Å². The third kappa shape index (κ3) is 4.32. The van der Waals surface area contributed by atoms with Crippen molar-refractivity contribution in [2.45, 2.75) is 52.2 Å². The number of nitrogens with one attached hydrogen (secondary N) is 1. The Morgan fingerprint density at radius 3 is 2.26 bits per heavy atom. The number of amides is 2. The summed E-state index contributed by atoms with van der Waals surface area (Å²) >= 11 is 0. The van der Waals surface area contributed by atoms with E-state index in [0.29, 0.717) is 18.8 Å². The molecule has 0 radical (unpaired) electrons. The van der Waals surface area contributed by atoms with Crippen molar-refractivity contribution in [2.75, 3.05) is 18.4 Å². The van der Waals surface area contributed by atoms with Crippen LogP contribution in [0.15, 0.2) is 24.3 Å². The predicted molar refractivity (Wildman–Crippen MR) is 90.4 cm³/mol. The highest BCUT2D eigenvalue weighted by molar-refractivity contribution is 6.39. The van der Waals surface area contributed by atoms with E-state index < -0.39 is 11.8 Å². The zero-order valence-electron chi connectivity index (χ0n) is 14.6. The van der Waals surface area contributed by atoms with Crippen LogP contribution in [0.2, 0.25) is 0 Å². The first kappa shape index (κ1) is 17.5. The molecule has 0 spiro atoms. The predicted octanol–water partition coefficient (Wildman–Crippen LogP) is 2.56. The molecule has 2 atom stereocenters. The van der Waals surface area contributed by atoms with Crippen molar-refractivity contribution >= 4 is 17.5 Å². The van der Waals surface area contributed by atoms with Crippen molar-refractivity contribution in [3.05, 3.63) is 29.8 Å². The number of carbonyl (C=O) groups is 2. The molecule has 1 aliphatic rings. The topological polar surface area (TPSA) is 58.6 Å². The summed E-state index contributed by atoms with van der Waals surface area (Å²) in [7, 11) is 0. The molecule has 5 heteroatoms. The molecule has 5 nitrogen and oxygen atoms in total. The molecule has 0 saturated carbocycles. The van der Waals surface area contributed by atoms with E-state index in [1.165, 1.54) is 0 Å². The molecule has 1 fully saturated rings. The van der Waals surface area contributed by atoms with Crippen molar-refractivity contribution in [1.29, 1.82) is 0 Å². The summed E-state index contributed by atoms with van der Waals surface area (Å²) in [5.41, 5.74) is 1.58. The molecular weight excluding hydrogens is 292 g/mol. The molecule has 1 saturated heterocycles. The van der Waals surface area contributed by atoms with E-state index in [-0.39, 0.29) is 17.6 Å². The average Bonchev–Trinajstić information content (AvgIpc) is 2.44. The average molecular weight is 318 g/mol.